The van der Waals surface area contributed by atoms with Crippen molar-refractivity contribution in [3.63, 3.8) is 0 Å². The molecule has 0 amide bonds. The Morgan fingerprint density at radius 2 is 1.64 bits per heavy atom. The minimum absolute atomic E-state index is 0.779. The van der Waals surface area contributed by atoms with Crippen LogP contribution in [0, 0.1) is 0 Å². The van der Waals surface area contributed by atoms with Gasteiger partial charge in [0, 0.05) is 12.8 Å². The van der Waals surface area contributed by atoms with Crippen LogP contribution in [0.4, 0.5) is 0 Å². The molecule has 1 aliphatic rings. The number of rotatable bonds is 6. The fraction of sp³-hybridized carbons (Fsp3) is 0.250. The van der Waals surface area contributed by atoms with Gasteiger partial charge in [-0.05, 0) is 4.99 Å². The van der Waals surface area contributed by atoms with Crippen LogP contribution in [0.15, 0.2) is 49.4 Å². The van der Waals surface area contributed by atoms with Crippen molar-refractivity contribution in [1.82, 2.24) is 10.3 Å². The minimum Gasteiger partial charge on any atom is -0.241 e. The van der Waals surface area contributed by atoms with E-state index in [0.717, 1.165) is 36.5 Å². The molecule has 0 aromatic heterocycles. The van der Waals surface area contributed by atoms with Gasteiger partial charge in [-0.25, -0.2) is 5.32 Å². The maximum Gasteiger partial charge on any atom is 0.300 e. The van der Waals surface area contributed by atoms with E-state index in [1.807, 2.05) is 18.2 Å². The predicted molar refractivity (Wildman–Crippen MR) is 61.7 cm³/mol. The average molecular weight is 188 g/mol. The number of allylic oxidation sites excluding steroid dienone is 2. The molecule has 73 valence electrons. The molecule has 1 heterocycles. The zero-order chi connectivity index (χ0) is 10.4. The van der Waals surface area contributed by atoms with Gasteiger partial charge < -0.3 is 0 Å². The summed E-state index contributed by atoms with van der Waals surface area (Å²) >= 11 is 0. The normalized spacial score (nSPS) is 14.7. The van der Waals surface area contributed by atoms with Gasteiger partial charge in [-0.15, -0.1) is 19.7 Å². The molecule has 1 N–H and O–H groups in total. The predicted octanol–water partition coefficient (Wildman–Crippen LogP) is 2.26. The third kappa shape index (κ3) is 2.46. The lowest BCUT2D eigenvalue weighted by atomic mass is 10.2. The first-order chi connectivity index (χ1) is 6.81. The Kier molecular flexibility index (Phi) is 3.92. The highest BCUT2D eigenvalue weighted by molar-refractivity contribution is 5.87. The van der Waals surface area contributed by atoms with Crippen LogP contribution in [0.3, 0.4) is 0 Å². The number of aliphatic imine (C=N–C) groups is 1. The SMILES string of the molecule is C=CCC1=[N+]C(CC=C)=C(CC=C)N1. The Labute approximate surface area is 85.4 Å². The molecule has 1 aliphatic heterocycles. The van der Waals surface area contributed by atoms with E-state index in [1.165, 1.54) is 0 Å². The standard InChI is InChI=1S/C12H16N2/c1-4-7-10-11(8-5-2)14-12(13-10)9-6-3/h4-6,13H,1-3,7-9H2/q+1. The van der Waals surface area contributed by atoms with Crippen LogP contribution in [0.5, 0.6) is 0 Å². The Morgan fingerprint density at radius 3 is 2.21 bits per heavy atom. The summed E-state index contributed by atoms with van der Waals surface area (Å²) in [6, 6.07) is 0. The van der Waals surface area contributed by atoms with Crippen LogP contribution in [-0.2, 0) is 0 Å². The molecule has 14 heavy (non-hydrogen) atoms. The topological polar surface area (TPSA) is 26.1 Å². The van der Waals surface area contributed by atoms with Gasteiger partial charge in [0.15, 0.2) is 11.4 Å². The molecule has 0 fully saturated rings. The van der Waals surface area contributed by atoms with Gasteiger partial charge in [-0.3, -0.25) is 0 Å². The van der Waals surface area contributed by atoms with E-state index >= 15 is 0 Å². The van der Waals surface area contributed by atoms with Crippen molar-refractivity contribution in [2.75, 3.05) is 0 Å². The molecule has 0 saturated heterocycles. The second-order valence-corrected chi connectivity index (χ2v) is 3.09. The van der Waals surface area contributed by atoms with Crippen LogP contribution >= 0.6 is 0 Å². The number of hydrogen-bond donors (Lipinski definition) is 1. The van der Waals surface area contributed by atoms with Crippen molar-refractivity contribution in [2.45, 2.75) is 19.3 Å². The average Bonchev–Trinajstić information content (AvgIpc) is 2.50. The van der Waals surface area contributed by atoms with Gasteiger partial charge in [-0.1, -0.05) is 18.2 Å². The molecule has 0 aromatic carbocycles. The quantitative estimate of drug-likeness (QED) is 0.636. The van der Waals surface area contributed by atoms with Crippen molar-refractivity contribution in [1.29, 1.82) is 0 Å². The van der Waals surface area contributed by atoms with Gasteiger partial charge in [0.05, 0.1) is 6.42 Å². The molecule has 2 nitrogen and oxygen atoms in total. The molecule has 2 heteroatoms. The van der Waals surface area contributed by atoms with Crippen molar-refractivity contribution >= 4 is 5.84 Å². The Hall–Kier alpha value is -1.57. The largest absolute Gasteiger partial charge is 0.300 e. The first kappa shape index (κ1) is 10.5. The molecule has 1 rings (SSSR count). The summed E-state index contributed by atoms with van der Waals surface area (Å²) in [7, 11) is 0. The van der Waals surface area contributed by atoms with Gasteiger partial charge >= 0.3 is 5.84 Å². The third-order valence-corrected chi connectivity index (χ3v) is 1.94. The van der Waals surface area contributed by atoms with Gasteiger partial charge in [-0.2, -0.15) is 0 Å². The summed E-state index contributed by atoms with van der Waals surface area (Å²) in [6.45, 7) is 11.1. The van der Waals surface area contributed by atoms with Gasteiger partial charge in [0.25, 0.3) is 0 Å². The first-order valence-electron chi connectivity index (χ1n) is 4.71. The summed E-state index contributed by atoms with van der Waals surface area (Å²) in [5.74, 6) is 0.966. The zero-order valence-corrected chi connectivity index (χ0v) is 8.42. The van der Waals surface area contributed by atoms with Crippen molar-refractivity contribution in [3.05, 3.63) is 49.4 Å². The molecule has 0 bridgehead atoms. The minimum atomic E-state index is 0.779. The second kappa shape index (κ2) is 5.22. The van der Waals surface area contributed by atoms with E-state index < -0.39 is 0 Å². The molecule has 0 aromatic rings. The van der Waals surface area contributed by atoms with Crippen molar-refractivity contribution in [2.24, 2.45) is 0 Å². The summed E-state index contributed by atoms with van der Waals surface area (Å²) in [5.41, 5.74) is 2.20. The lowest BCUT2D eigenvalue weighted by molar-refractivity contribution is 0.995. The highest BCUT2D eigenvalue weighted by atomic mass is 15.1. The first-order valence-corrected chi connectivity index (χ1v) is 4.71. The molecule has 0 atom stereocenters. The van der Waals surface area contributed by atoms with Crippen LogP contribution in [-0.4, -0.2) is 5.84 Å². The van der Waals surface area contributed by atoms with Crippen LogP contribution in [0.25, 0.3) is 0 Å². The Morgan fingerprint density at radius 1 is 1.00 bits per heavy atom. The van der Waals surface area contributed by atoms with E-state index in [0.29, 0.717) is 0 Å². The molecular weight excluding hydrogens is 172 g/mol. The number of amidine groups is 1. The molecule has 1 radical (unpaired) electrons. The fourth-order valence-corrected chi connectivity index (χ4v) is 1.36. The third-order valence-electron chi connectivity index (χ3n) is 1.94. The van der Waals surface area contributed by atoms with Crippen molar-refractivity contribution < 1.29 is 0 Å². The van der Waals surface area contributed by atoms with Gasteiger partial charge in [0.1, 0.15) is 0 Å². The summed E-state index contributed by atoms with van der Waals surface area (Å²) in [4.78, 5) is 4.46. The summed E-state index contributed by atoms with van der Waals surface area (Å²) in [5, 5.41) is 3.27. The van der Waals surface area contributed by atoms with E-state index in [9.17, 15) is 0 Å². The molecule has 0 spiro atoms. The molecule has 0 aliphatic carbocycles. The van der Waals surface area contributed by atoms with E-state index in [4.69, 9.17) is 0 Å². The summed E-state index contributed by atoms with van der Waals surface area (Å²) in [6.07, 6.45) is 7.98. The van der Waals surface area contributed by atoms with Crippen LogP contribution < -0.4 is 10.3 Å². The smallest absolute Gasteiger partial charge is 0.241 e. The number of nitrogens with one attached hydrogen (secondary N) is 1. The Balaban J connectivity index is 2.73. The molecule has 0 saturated carbocycles. The van der Waals surface area contributed by atoms with E-state index in [2.05, 4.69) is 30.0 Å². The number of hydrogen-bond acceptors (Lipinski definition) is 2. The van der Waals surface area contributed by atoms with E-state index in [1.54, 1.807) is 0 Å². The molecular formula is C12H16N2+. The highest BCUT2D eigenvalue weighted by Gasteiger charge is 2.24. The van der Waals surface area contributed by atoms with Gasteiger partial charge in [0.2, 0.25) is 0 Å². The van der Waals surface area contributed by atoms with Crippen molar-refractivity contribution in [3.8, 4) is 0 Å². The molecule has 0 unspecified atom stereocenters. The maximum atomic E-state index is 4.46. The lowest BCUT2D eigenvalue weighted by Crippen LogP contribution is -2.19. The van der Waals surface area contributed by atoms with E-state index in [-0.39, 0.29) is 0 Å². The maximum absolute atomic E-state index is 4.46. The van der Waals surface area contributed by atoms with Crippen LogP contribution in [0.1, 0.15) is 19.3 Å². The zero-order valence-electron chi connectivity index (χ0n) is 8.42. The second-order valence-electron chi connectivity index (χ2n) is 3.09. The Bertz CT molecular complexity index is 308. The number of nitrogens with zero attached hydrogens (tertiary/aromatic N) is 1. The monoisotopic (exact) mass is 188 g/mol. The summed E-state index contributed by atoms with van der Waals surface area (Å²) < 4.78 is 0. The fourth-order valence-electron chi connectivity index (χ4n) is 1.36. The van der Waals surface area contributed by atoms with Crippen LogP contribution in [0.2, 0.25) is 0 Å². The highest BCUT2D eigenvalue weighted by Crippen LogP contribution is 2.13. The lowest BCUT2D eigenvalue weighted by Gasteiger charge is -1.93.